The van der Waals surface area contributed by atoms with Gasteiger partial charge in [-0.15, -0.1) is 0 Å². The van der Waals surface area contributed by atoms with E-state index >= 15 is 0 Å². The Morgan fingerprint density at radius 2 is 2.26 bits per heavy atom. The van der Waals surface area contributed by atoms with Crippen LogP contribution in [0.25, 0.3) is 0 Å². The summed E-state index contributed by atoms with van der Waals surface area (Å²) < 4.78 is 0. The highest BCUT2D eigenvalue weighted by Crippen LogP contribution is 2.19. The van der Waals surface area contributed by atoms with E-state index in [0.29, 0.717) is 11.9 Å². The standard InChI is InChI=1S/C18H29N3OS/c1-15(14-23-3)18(22)21-11-6-8-17(9-12-21)20(2)13-16-7-4-5-10-19-16/h4-5,7,10,15,17H,6,8-9,11-14H2,1-3H3. The van der Waals surface area contributed by atoms with E-state index in [0.717, 1.165) is 50.3 Å². The molecule has 1 aromatic rings. The third kappa shape index (κ3) is 5.50. The largest absolute Gasteiger partial charge is 0.342 e. The van der Waals surface area contributed by atoms with E-state index < -0.39 is 0 Å². The van der Waals surface area contributed by atoms with Crippen molar-refractivity contribution in [2.75, 3.05) is 32.1 Å². The van der Waals surface area contributed by atoms with Gasteiger partial charge >= 0.3 is 0 Å². The van der Waals surface area contributed by atoms with Crippen molar-refractivity contribution in [1.29, 1.82) is 0 Å². The predicted molar refractivity (Wildman–Crippen MR) is 97.5 cm³/mol. The SMILES string of the molecule is CSCC(C)C(=O)N1CCCC(N(C)Cc2ccccn2)CC1. The van der Waals surface area contributed by atoms with Gasteiger partial charge in [0.15, 0.2) is 0 Å². The van der Waals surface area contributed by atoms with Crippen molar-refractivity contribution >= 4 is 17.7 Å². The Hall–Kier alpha value is -1.07. The zero-order valence-electron chi connectivity index (χ0n) is 14.6. The van der Waals surface area contributed by atoms with Gasteiger partial charge in [-0.1, -0.05) is 13.0 Å². The number of carbonyl (C=O) groups excluding carboxylic acids is 1. The normalized spacial score (nSPS) is 20.3. The van der Waals surface area contributed by atoms with E-state index in [-0.39, 0.29) is 5.92 Å². The van der Waals surface area contributed by atoms with Crippen molar-refractivity contribution < 1.29 is 4.79 Å². The van der Waals surface area contributed by atoms with Crippen molar-refractivity contribution in [1.82, 2.24) is 14.8 Å². The Balaban J connectivity index is 1.86. The van der Waals surface area contributed by atoms with Gasteiger partial charge < -0.3 is 4.90 Å². The average molecular weight is 336 g/mol. The van der Waals surface area contributed by atoms with E-state index in [1.807, 2.05) is 18.3 Å². The molecule has 2 heterocycles. The number of aromatic nitrogens is 1. The fourth-order valence-electron chi connectivity index (χ4n) is 3.25. The maximum Gasteiger partial charge on any atom is 0.226 e. The molecule has 2 unspecified atom stereocenters. The fraction of sp³-hybridized carbons (Fsp3) is 0.667. The summed E-state index contributed by atoms with van der Waals surface area (Å²) in [7, 11) is 2.17. The number of amides is 1. The van der Waals surface area contributed by atoms with Crippen molar-refractivity contribution in [3.8, 4) is 0 Å². The summed E-state index contributed by atoms with van der Waals surface area (Å²) in [5.74, 6) is 1.37. The summed E-state index contributed by atoms with van der Waals surface area (Å²) in [5, 5.41) is 0. The number of nitrogens with zero attached hydrogens (tertiary/aromatic N) is 3. The topological polar surface area (TPSA) is 36.4 Å². The third-order valence-corrected chi connectivity index (χ3v) is 5.44. The maximum atomic E-state index is 12.5. The van der Waals surface area contributed by atoms with Gasteiger partial charge in [-0.05, 0) is 44.7 Å². The molecular weight excluding hydrogens is 306 g/mol. The molecule has 23 heavy (non-hydrogen) atoms. The molecule has 1 saturated heterocycles. The molecule has 2 rings (SSSR count). The highest BCUT2D eigenvalue weighted by Gasteiger charge is 2.25. The molecule has 0 aromatic carbocycles. The second kappa shape index (κ2) is 9.28. The minimum atomic E-state index is 0.132. The smallest absolute Gasteiger partial charge is 0.226 e. The summed E-state index contributed by atoms with van der Waals surface area (Å²) in [5.41, 5.74) is 1.11. The zero-order valence-corrected chi connectivity index (χ0v) is 15.4. The monoisotopic (exact) mass is 335 g/mol. The van der Waals surface area contributed by atoms with Crippen LogP contribution >= 0.6 is 11.8 Å². The molecular formula is C18H29N3OS. The van der Waals surface area contributed by atoms with Crippen LogP contribution in [-0.4, -0.2) is 58.9 Å². The summed E-state index contributed by atoms with van der Waals surface area (Å²) in [6.07, 6.45) is 7.22. The van der Waals surface area contributed by atoms with E-state index in [4.69, 9.17) is 0 Å². The molecule has 4 nitrogen and oxygen atoms in total. The number of likely N-dealkylation sites (tertiary alicyclic amines) is 1. The molecule has 1 aliphatic rings. The van der Waals surface area contributed by atoms with Gasteiger partial charge in [0.2, 0.25) is 5.91 Å². The summed E-state index contributed by atoms with van der Waals surface area (Å²) in [6, 6.07) is 6.60. The zero-order chi connectivity index (χ0) is 16.7. The summed E-state index contributed by atoms with van der Waals surface area (Å²) >= 11 is 1.75. The lowest BCUT2D eigenvalue weighted by molar-refractivity contribution is -0.134. The van der Waals surface area contributed by atoms with Crippen LogP contribution in [0.15, 0.2) is 24.4 Å². The van der Waals surface area contributed by atoms with E-state index in [1.54, 1.807) is 11.8 Å². The maximum absolute atomic E-state index is 12.5. The molecule has 1 amide bonds. The first-order valence-corrected chi connectivity index (χ1v) is 9.89. The molecule has 1 aromatic heterocycles. The number of pyridine rings is 1. The lowest BCUT2D eigenvalue weighted by Gasteiger charge is -2.27. The van der Waals surface area contributed by atoms with Crippen molar-refractivity contribution in [3.05, 3.63) is 30.1 Å². The lowest BCUT2D eigenvalue weighted by Crippen LogP contribution is -2.38. The molecule has 5 heteroatoms. The first kappa shape index (κ1) is 18.3. The second-order valence-electron chi connectivity index (χ2n) is 6.50. The third-order valence-electron chi connectivity index (χ3n) is 4.61. The quantitative estimate of drug-likeness (QED) is 0.801. The molecule has 0 spiro atoms. The molecule has 2 atom stereocenters. The average Bonchev–Trinajstić information content (AvgIpc) is 2.81. The van der Waals surface area contributed by atoms with Crippen LogP contribution < -0.4 is 0 Å². The van der Waals surface area contributed by atoms with E-state index in [1.165, 1.54) is 0 Å². The number of hydrogen-bond acceptors (Lipinski definition) is 4. The van der Waals surface area contributed by atoms with Gasteiger partial charge in [0.05, 0.1) is 5.69 Å². The lowest BCUT2D eigenvalue weighted by atomic mass is 10.1. The molecule has 128 valence electrons. The highest BCUT2D eigenvalue weighted by molar-refractivity contribution is 7.98. The van der Waals surface area contributed by atoms with Crippen LogP contribution in [0.4, 0.5) is 0 Å². The highest BCUT2D eigenvalue weighted by atomic mass is 32.2. The molecule has 1 fully saturated rings. The van der Waals surface area contributed by atoms with Crippen LogP contribution in [0.3, 0.4) is 0 Å². The van der Waals surface area contributed by atoms with Gasteiger partial charge in [0, 0.05) is 43.5 Å². The van der Waals surface area contributed by atoms with E-state index in [9.17, 15) is 4.79 Å². The number of rotatable bonds is 6. The van der Waals surface area contributed by atoms with Crippen LogP contribution in [0.2, 0.25) is 0 Å². The second-order valence-corrected chi connectivity index (χ2v) is 7.41. The molecule has 0 N–H and O–H groups in total. The molecule has 1 aliphatic heterocycles. The van der Waals surface area contributed by atoms with Gasteiger partial charge in [0.1, 0.15) is 0 Å². The van der Waals surface area contributed by atoms with Crippen LogP contribution in [0.5, 0.6) is 0 Å². The van der Waals surface area contributed by atoms with Crippen LogP contribution in [0, 0.1) is 5.92 Å². The van der Waals surface area contributed by atoms with Gasteiger partial charge in [0.25, 0.3) is 0 Å². The van der Waals surface area contributed by atoms with Crippen molar-refractivity contribution in [3.63, 3.8) is 0 Å². The van der Waals surface area contributed by atoms with Crippen molar-refractivity contribution in [2.45, 2.75) is 38.8 Å². The predicted octanol–water partition coefficient (Wildman–Crippen LogP) is 2.89. The first-order chi connectivity index (χ1) is 11.1. The number of hydrogen-bond donors (Lipinski definition) is 0. The Morgan fingerprint density at radius 3 is 2.96 bits per heavy atom. The van der Waals surface area contributed by atoms with Gasteiger partial charge in [-0.3, -0.25) is 14.7 Å². The summed E-state index contributed by atoms with van der Waals surface area (Å²) in [4.78, 5) is 21.4. The fourth-order valence-corrected chi connectivity index (χ4v) is 3.89. The molecule has 0 saturated carbocycles. The molecule has 0 radical (unpaired) electrons. The Kier molecular flexibility index (Phi) is 7.37. The van der Waals surface area contributed by atoms with E-state index in [2.05, 4.69) is 41.1 Å². The minimum absolute atomic E-state index is 0.132. The number of thioether (sulfide) groups is 1. The summed E-state index contributed by atoms with van der Waals surface area (Å²) in [6.45, 7) is 4.72. The Labute approximate surface area is 144 Å². The Morgan fingerprint density at radius 1 is 1.43 bits per heavy atom. The van der Waals surface area contributed by atoms with Gasteiger partial charge in [-0.25, -0.2) is 0 Å². The molecule has 0 bridgehead atoms. The van der Waals surface area contributed by atoms with Crippen molar-refractivity contribution in [2.24, 2.45) is 5.92 Å². The molecule has 0 aliphatic carbocycles. The Bertz CT molecular complexity index is 482. The minimum Gasteiger partial charge on any atom is -0.342 e. The number of carbonyl (C=O) groups is 1. The van der Waals surface area contributed by atoms with Crippen LogP contribution in [0.1, 0.15) is 31.9 Å². The first-order valence-electron chi connectivity index (χ1n) is 8.49. The van der Waals surface area contributed by atoms with Crippen LogP contribution in [-0.2, 0) is 11.3 Å². The van der Waals surface area contributed by atoms with Gasteiger partial charge in [-0.2, -0.15) is 11.8 Å².